The van der Waals surface area contributed by atoms with Crippen molar-refractivity contribution in [1.82, 2.24) is 25.3 Å². The van der Waals surface area contributed by atoms with Gasteiger partial charge in [0.25, 0.3) is 5.89 Å². The van der Waals surface area contributed by atoms with Gasteiger partial charge in [0.1, 0.15) is 28.1 Å². The highest BCUT2D eigenvalue weighted by molar-refractivity contribution is 7.15. The summed E-state index contributed by atoms with van der Waals surface area (Å²) in [5, 5.41) is 8.31. The number of thiazole rings is 1. The highest BCUT2D eigenvalue weighted by Crippen LogP contribution is 2.31. The number of nitrogens with one attached hydrogen (secondary N) is 1. The van der Waals surface area contributed by atoms with Crippen LogP contribution in [0.2, 0.25) is 0 Å². The van der Waals surface area contributed by atoms with Crippen LogP contribution >= 0.6 is 23.7 Å². The summed E-state index contributed by atoms with van der Waals surface area (Å²) in [7, 11) is 2.06. The van der Waals surface area contributed by atoms with Crippen LogP contribution < -0.4 is 10.1 Å². The molecule has 28 heavy (non-hydrogen) atoms. The second-order valence-corrected chi connectivity index (χ2v) is 7.51. The van der Waals surface area contributed by atoms with E-state index in [4.69, 9.17) is 9.26 Å². The third kappa shape index (κ3) is 4.49. The zero-order valence-corrected chi connectivity index (χ0v) is 17.1. The second-order valence-electron chi connectivity index (χ2n) is 6.42. The van der Waals surface area contributed by atoms with E-state index in [1.54, 1.807) is 12.1 Å². The fourth-order valence-corrected chi connectivity index (χ4v) is 3.84. The monoisotopic (exact) mass is 425 g/mol. The maximum absolute atomic E-state index is 13.0. The summed E-state index contributed by atoms with van der Waals surface area (Å²) in [6, 6.07) is 6.02. The van der Waals surface area contributed by atoms with Gasteiger partial charge in [0, 0.05) is 19.6 Å². The fourth-order valence-electron chi connectivity index (χ4n) is 2.95. The summed E-state index contributed by atoms with van der Waals surface area (Å²) in [6.07, 6.45) is 0. The molecule has 4 rings (SSSR count). The first-order valence-electron chi connectivity index (χ1n) is 8.70. The van der Waals surface area contributed by atoms with Crippen molar-refractivity contribution < 1.29 is 13.7 Å². The van der Waals surface area contributed by atoms with Gasteiger partial charge in [-0.3, -0.25) is 4.90 Å². The van der Waals surface area contributed by atoms with Gasteiger partial charge in [-0.1, -0.05) is 5.16 Å². The molecule has 7 nitrogen and oxygen atoms in total. The topological polar surface area (TPSA) is 76.3 Å². The summed E-state index contributed by atoms with van der Waals surface area (Å²) >= 11 is 1.46. The van der Waals surface area contributed by atoms with Crippen molar-refractivity contribution in [3.05, 3.63) is 46.6 Å². The van der Waals surface area contributed by atoms with Crippen molar-refractivity contribution in [1.29, 1.82) is 0 Å². The first-order valence-corrected chi connectivity index (χ1v) is 9.51. The Morgan fingerprint density at radius 1 is 1.32 bits per heavy atom. The van der Waals surface area contributed by atoms with Gasteiger partial charge in [0.05, 0.1) is 11.7 Å². The van der Waals surface area contributed by atoms with E-state index in [1.807, 2.05) is 6.92 Å². The largest absolute Gasteiger partial charge is 0.486 e. The van der Waals surface area contributed by atoms with Crippen LogP contribution in [-0.4, -0.2) is 46.7 Å². The average molecular weight is 426 g/mol. The van der Waals surface area contributed by atoms with E-state index in [0.29, 0.717) is 24.1 Å². The van der Waals surface area contributed by atoms with E-state index >= 15 is 0 Å². The number of aryl methyl sites for hydroxylation is 1. The van der Waals surface area contributed by atoms with Crippen molar-refractivity contribution in [2.45, 2.75) is 19.6 Å². The molecule has 10 heteroatoms. The standard InChI is InChI=1S/C18H20FN5O2S.ClH/c1-11-16(18-22-17(23-26-18)14-9-20-7-8-24(14)2)27-15(21-11)10-25-13-5-3-12(19)4-6-13;/h3-6,14,20H,7-10H2,1-2H3;1H. The van der Waals surface area contributed by atoms with Gasteiger partial charge < -0.3 is 14.6 Å². The summed E-state index contributed by atoms with van der Waals surface area (Å²) in [4.78, 5) is 12.2. The quantitative estimate of drug-likeness (QED) is 0.672. The molecule has 150 valence electrons. The molecule has 1 unspecified atom stereocenters. The highest BCUT2D eigenvalue weighted by atomic mass is 35.5. The molecule has 1 aromatic carbocycles. The Morgan fingerprint density at radius 3 is 2.86 bits per heavy atom. The van der Waals surface area contributed by atoms with E-state index in [-0.39, 0.29) is 24.3 Å². The minimum absolute atomic E-state index is 0. The van der Waals surface area contributed by atoms with Gasteiger partial charge in [-0.2, -0.15) is 4.98 Å². The van der Waals surface area contributed by atoms with Crippen molar-refractivity contribution in [3.63, 3.8) is 0 Å². The molecule has 0 saturated carbocycles. The maximum atomic E-state index is 13.0. The summed E-state index contributed by atoms with van der Waals surface area (Å²) in [5.41, 5.74) is 0.822. The minimum Gasteiger partial charge on any atom is -0.486 e. The van der Waals surface area contributed by atoms with Crippen LogP contribution in [0.25, 0.3) is 10.8 Å². The molecule has 0 amide bonds. The molecule has 0 spiro atoms. The molecule has 1 atom stereocenters. The molecule has 3 aromatic rings. The Hall–Kier alpha value is -2.07. The lowest BCUT2D eigenvalue weighted by molar-refractivity contribution is 0.190. The molecule has 0 radical (unpaired) electrons. The Labute approximate surface area is 172 Å². The lowest BCUT2D eigenvalue weighted by Gasteiger charge is -2.30. The van der Waals surface area contributed by atoms with E-state index in [9.17, 15) is 4.39 Å². The smallest absolute Gasteiger partial charge is 0.269 e. The van der Waals surface area contributed by atoms with E-state index in [2.05, 4.69) is 32.4 Å². The minimum atomic E-state index is -0.291. The van der Waals surface area contributed by atoms with Gasteiger partial charge in [-0.25, -0.2) is 9.37 Å². The molecule has 3 heterocycles. The normalized spacial score (nSPS) is 17.3. The third-order valence-corrected chi connectivity index (χ3v) is 5.58. The van der Waals surface area contributed by atoms with Crippen LogP contribution in [0.4, 0.5) is 4.39 Å². The number of ether oxygens (including phenoxy) is 1. The molecule has 1 saturated heterocycles. The molecule has 0 aliphatic carbocycles. The van der Waals surface area contributed by atoms with Crippen LogP contribution in [0.1, 0.15) is 22.6 Å². The van der Waals surface area contributed by atoms with Crippen molar-refractivity contribution in [2.24, 2.45) is 0 Å². The molecule has 0 bridgehead atoms. The Morgan fingerprint density at radius 2 is 2.11 bits per heavy atom. The fraction of sp³-hybridized carbons (Fsp3) is 0.389. The maximum Gasteiger partial charge on any atom is 0.269 e. The van der Waals surface area contributed by atoms with Crippen LogP contribution in [0.5, 0.6) is 5.75 Å². The van der Waals surface area contributed by atoms with Crippen LogP contribution in [0.3, 0.4) is 0 Å². The first-order chi connectivity index (χ1) is 13.1. The molecule has 1 aliphatic rings. The zero-order valence-electron chi connectivity index (χ0n) is 15.5. The van der Waals surface area contributed by atoms with Gasteiger partial charge in [0.2, 0.25) is 0 Å². The summed E-state index contributed by atoms with van der Waals surface area (Å²) in [6.45, 7) is 4.91. The van der Waals surface area contributed by atoms with Crippen LogP contribution in [0.15, 0.2) is 28.8 Å². The molecule has 1 aliphatic heterocycles. The molecule has 2 aromatic heterocycles. The van der Waals surface area contributed by atoms with E-state index in [1.165, 1.54) is 23.5 Å². The van der Waals surface area contributed by atoms with Crippen LogP contribution in [-0.2, 0) is 6.61 Å². The van der Waals surface area contributed by atoms with Gasteiger partial charge in [-0.15, -0.1) is 23.7 Å². The predicted octanol–water partition coefficient (Wildman–Crippen LogP) is 3.22. The van der Waals surface area contributed by atoms with Crippen molar-refractivity contribution in [3.8, 4) is 16.5 Å². The molecular weight excluding hydrogens is 405 g/mol. The molecular formula is C18H21ClFN5O2S. The molecule has 1 fully saturated rings. The SMILES string of the molecule is Cc1nc(COc2ccc(F)cc2)sc1-c1nc(C2CNCCN2C)no1.Cl. The average Bonchev–Trinajstić information content (AvgIpc) is 3.28. The Bertz CT molecular complexity index is 917. The van der Waals surface area contributed by atoms with Crippen molar-refractivity contribution in [2.75, 3.05) is 26.7 Å². The number of hydrogen-bond donors (Lipinski definition) is 1. The summed E-state index contributed by atoms with van der Waals surface area (Å²) in [5.74, 6) is 1.46. The Kier molecular flexibility index (Phi) is 6.61. The van der Waals surface area contributed by atoms with Gasteiger partial charge in [0.15, 0.2) is 5.82 Å². The Balaban J connectivity index is 0.00000225. The van der Waals surface area contributed by atoms with Crippen molar-refractivity contribution >= 4 is 23.7 Å². The lowest BCUT2D eigenvalue weighted by Crippen LogP contribution is -2.44. The number of benzene rings is 1. The highest BCUT2D eigenvalue weighted by Gasteiger charge is 2.26. The second kappa shape index (κ2) is 8.95. The number of rotatable bonds is 5. The predicted molar refractivity (Wildman–Crippen MR) is 106 cm³/mol. The van der Waals surface area contributed by atoms with Crippen LogP contribution in [0, 0.1) is 12.7 Å². The number of piperazine rings is 1. The number of likely N-dealkylation sites (N-methyl/N-ethyl adjacent to an activating group) is 1. The third-order valence-electron chi connectivity index (χ3n) is 4.46. The van der Waals surface area contributed by atoms with Gasteiger partial charge in [-0.05, 0) is 38.2 Å². The lowest BCUT2D eigenvalue weighted by atomic mass is 10.2. The number of nitrogens with zero attached hydrogens (tertiary/aromatic N) is 4. The first kappa shape index (κ1) is 20.7. The number of hydrogen-bond acceptors (Lipinski definition) is 8. The van der Waals surface area contributed by atoms with E-state index < -0.39 is 0 Å². The summed E-state index contributed by atoms with van der Waals surface area (Å²) < 4.78 is 24.1. The number of halogens is 2. The van der Waals surface area contributed by atoms with E-state index in [0.717, 1.165) is 35.2 Å². The zero-order chi connectivity index (χ0) is 18.8. The number of aromatic nitrogens is 3. The molecule has 1 N–H and O–H groups in total. The van der Waals surface area contributed by atoms with Gasteiger partial charge >= 0.3 is 0 Å².